The van der Waals surface area contributed by atoms with Crippen LogP contribution in [0, 0.1) is 0 Å². The highest BCUT2D eigenvalue weighted by Crippen LogP contribution is 2.24. The van der Waals surface area contributed by atoms with Crippen molar-refractivity contribution < 1.29 is 0 Å². The molecule has 0 aliphatic heterocycles. The molecule has 0 spiro atoms. The van der Waals surface area contributed by atoms with E-state index in [2.05, 4.69) is 41.0 Å². The first-order chi connectivity index (χ1) is 9.74. The molecule has 0 aliphatic carbocycles. The molecule has 0 unspecified atom stereocenters. The van der Waals surface area contributed by atoms with E-state index in [-0.39, 0.29) is 0 Å². The van der Waals surface area contributed by atoms with E-state index in [4.69, 9.17) is 0 Å². The summed E-state index contributed by atoms with van der Waals surface area (Å²) in [7, 11) is 0. The molecule has 4 nitrogen and oxygen atoms in total. The number of rotatable bonds is 3. The Morgan fingerprint density at radius 2 is 1.80 bits per heavy atom. The summed E-state index contributed by atoms with van der Waals surface area (Å²) in [5.74, 6) is 0. The summed E-state index contributed by atoms with van der Waals surface area (Å²) in [4.78, 5) is 8.44. The van der Waals surface area contributed by atoms with Gasteiger partial charge in [0.25, 0.3) is 0 Å². The van der Waals surface area contributed by atoms with Crippen molar-refractivity contribution >= 4 is 0 Å². The predicted octanol–water partition coefficient (Wildman–Crippen LogP) is 3.59. The molecule has 0 amide bonds. The van der Waals surface area contributed by atoms with Crippen molar-refractivity contribution in [3.05, 3.63) is 55.1 Å². The smallest absolute Gasteiger partial charge is 0.0923 e. The van der Waals surface area contributed by atoms with E-state index < -0.39 is 0 Å². The van der Waals surface area contributed by atoms with Gasteiger partial charge in [-0.15, -0.1) is 0 Å². The summed E-state index contributed by atoms with van der Waals surface area (Å²) in [6.07, 6.45) is 7.16. The summed E-state index contributed by atoms with van der Waals surface area (Å²) in [6.45, 7) is 4.24. The zero-order valence-corrected chi connectivity index (χ0v) is 11.6. The van der Waals surface area contributed by atoms with E-state index in [1.165, 1.54) is 0 Å². The van der Waals surface area contributed by atoms with Crippen LogP contribution >= 0.6 is 0 Å². The lowest BCUT2D eigenvalue weighted by Crippen LogP contribution is -2.00. The molecule has 1 aromatic carbocycles. The van der Waals surface area contributed by atoms with Gasteiger partial charge in [-0.1, -0.05) is 18.2 Å². The van der Waals surface area contributed by atoms with Gasteiger partial charge < -0.3 is 0 Å². The highest BCUT2D eigenvalue weighted by molar-refractivity contribution is 5.68. The summed E-state index contributed by atoms with van der Waals surface area (Å²) in [5.41, 5.74) is 3.99. The molecule has 0 aliphatic rings. The van der Waals surface area contributed by atoms with Gasteiger partial charge in [-0.25, -0.2) is 0 Å². The van der Waals surface area contributed by atoms with Crippen molar-refractivity contribution in [2.24, 2.45) is 0 Å². The highest BCUT2D eigenvalue weighted by atomic mass is 15.3. The van der Waals surface area contributed by atoms with Crippen LogP contribution in [0.2, 0.25) is 0 Å². The fraction of sp³-hybridized carbons (Fsp3) is 0.188. The number of aromatic nitrogens is 4. The van der Waals surface area contributed by atoms with Crippen LogP contribution in [0.1, 0.15) is 19.9 Å². The Labute approximate surface area is 118 Å². The normalized spacial score (nSPS) is 10.9. The van der Waals surface area contributed by atoms with E-state index in [9.17, 15) is 0 Å². The van der Waals surface area contributed by atoms with Crippen molar-refractivity contribution in [2.45, 2.75) is 19.9 Å². The van der Waals surface area contributed by atoms with Crippen molar-refractivity contribution in [3.8, 4) is 22.5 Å². The Morgan fingerprint density at radius 1 is 1.00 bits per heavy atom. The van der Waals surface area contributed by atoms with Crippen LogP contribution in [0.25, 0.3) is 22.5 Å². The molecule has 0 fully saturated rings. The molecule has 0 saturated carbocycles. The molecule has 100 valence electrons. The average Bonchev–Trinajstić information content (AvgIpc) is 2.98. The van der Waals surface area contributed by atoms with Crippen LogP contribution in [-0.2, 0) is 0 Å². The zero-order chi connectivity index (χ0) is 13.9. The fourth-order valence-electron chi connectivity index (χ4n) is 2.07. The van der Waals surface area contributed by atoms with Gasteiger partial charge in [0.15, 0.2) is 0 Å². The molecule has 3 aromatic rings. The van der Waals surface area contributed by atoms with E-state index in [0.29, 0.717) is 6.04 Å². The maximum atomic E-state index is 4.60. The van der Waals surface area contributed by atoms with Crippen LogP contribution in [-0.4, -0.2) is 19.7 Å². The highest BCUT2D eigenvalue weighted by Gasteiger charge is 2.06. The van der Waals surface area contributed by atoms with Gasteiger partial charge in [0.1, 0.15) is 0 Å². The van der Waals surface area contributed by atoms with Gasteiger partial charge in [0.05, 0.1) is 17.6 Å². The van der Waals surface area contributed by atoms with Gasteiger partial charge in [-0.05, 0) is 26.0 Å². The molecule has 3 rings (SSSR count). The molecule has 0 bridgehead atoms. The van der Waals surface area contributed by atoms with Crippen molar-refractivity contribution in [3.63, 3.8) is 0 Å². The van der Waals surface area contributed by atoms with E-state index in [1.807, 2.05) is 29.1 Å². The molecule has 20 heavy (non-hydrogen) atoms. The van der Waals surface area contributed by atoms with Crippen LogP contribution < -0.4 is 0 Å². The Morgan fingerprint density at radius 3 is 2.45 bits per heavy atom. The van der Waals surface area contributed by atoms with Gasteiger partial charge in [-0.3, -0.25) is 14.6 Å². The Balaban J connectivity index is 1.99. The summed E-state index contributed by atoms with van der Waals surface area (Å²) in [5, 5.41) is 4.60. The number of nitrogens with zero attached hydrogens (tertiary/aromatic N) is 4. The van der Waals surface area contributed by atoms with Gasteiger partial charge in [0.2, 0.25) is 0 Å². The Hall–Kier alpha value is -2.49. The Bertz CT molecular complexity index is 701. The molecule has 2 aromatic heterocycles. The first-order valence-electron chi connectivity index (χ1n) is 6.66. The van der Waals surface area contributed by atoms with Crippen LogP contribution in [0.5, 0.6) is 0 Å². The second-order valence-corrected chi connectivity index (χ2v) is 4.95. The van der Waals surface area contributed by atoms with Crippen molar-refractivity contribution in [2.75, 3.05) is 0 Å². The maximum Gasteiger partial charge on any atom is 0.0923 e. The minimum atomic E-state index is 0.368. The lowest BCUT2D eigenvalue weighted by Gasteiger charge is -2.05. The van der Waals surface area contributed by atoms with Crippen LogP contribution in [0.15, 0.2) is 55.1 Å². The molecule has 0 N–H and O–H groups in total. The number of benzene rings is 1. The van der Waals surface area contributed by atoms with Gasteiger partial charge in [0, 0.05) is 35.8 Å². The molecule has 4 heteroatoms. The summed E-state index contributed by atoms with van der Waals surface area (Å²) < 4.78 is 1.96. The minimum Gasteiger partial charge on any atom is -0.270 e. The maximum absolute atomic E-state index is 4.60. The number of hydrogen-bond acceptors (Lipinski definition) is 3. The van der Waals surface area contributed by atoms with E-state index >= 15 is 0 Å². The average molecular weight is 264 g/mol. The molecule has 0 atom stereocenters. The quantitative estimate of drug-likeness (QED) is 0.726. The molecule has 2 heterocycles. The zero-order valence-electron chi connectivity index (χ0n) is 11.6. The lowest BCUT2D eigenvalue weighted by molar-refractivity contribution is 0.534. The van der Waals surface area contributed by atoms with Crippen LogP contribution in [0.3, 0.4) is 0 Å². The largest absolute Gasteiger partial charge is 0.270 e. The fourth-order valence-corrected chi connectivity index (χ4v) is 2.07. The first kappa shape index (κ1) is 12.5. The monoisotopic (exact) mass is 264 g/mol. The first-order valence-corrected chi connectivity index (χ1v) is 6.66. The summed E-state index contributed by atoms with van der Waals surface area (Å²) >= 11 is 0. The predicted molar refractivity (Wildman–Crippen MR) is 79.1 cm³/mol. The second-order valence-electron chi connectivity index (χ2n) is 4.95. The third-order valence-corrected chi connectivity index (χ3v) is 3.15. The van der Waals surface area contributed by atoms with Gasteiger partial charge in [-0.2, -0.15) is 5.10 Å². The van der Waals surface area contributed by atoms with E-state index in [1.54, 1.807) is 18.6 Å². The molecule has 0 radical (unpaired) electrons. The topological polar surface area (TPSA) is 43.6 Å². The third-order valence-electron chi connectivity index (χ3n) is 3.15. The number of hydrogen-bond donors (Lipinski definition) is 0. The van der Waals surface area contributed by atoms with Crippen LogP contribution in [0.4, 0.5) is 0 Å². The summed E-state index contributed by atoms with van der Waals surface area (Å²) in [6, 6.07) is 10.6. The molecule has 0 saturated heterocycles. The van der Waals surface area contributed by atoms with Crippen molar-refractivity contribution in [1.82, 2.24) is 19.7 Å². The molecular formula is C16H16N4. The van der Waals surface area contributed by atoms with Crippen molar-refractivity contribution in [1.29, 1.82) is 0 Å². The molecular weight excluding hydrogens is 248 g/mol. The SMILES string of the molecule is CC(C)n1ccc(-c2cccc(-c3cnccn3)c2)n1. The lowest BCUT2D eigenvalue weighted by atomic mass is 10.1. The third kappa shape index (κ3) is 2.45. The minimum absolute atomic E-state index is 0.368. The van der Waals surface area contributed by atoms with Gasteiger partial charge >= 0.3 is 0 Å². The second kappa shape index (κ2) is 5.25. The standard InChI is InChI=1S/C16H16N4/c1-12(2)20-9-6-15(19-20)13-4-3-5-14(10-13)16-11-17-7-8-18-16/h3-12H,1-2H3. The Kier molecular flexibility index (Phi) is 3.29. The van der Waals surface area contributed by atoms with E-state index in [0.717, 1.165) is 22.5 Å².